The predicted molar refractivity (Wildman–Crippen MR) is 377 cm³/mol. The second-order valence-corrected chi connectivity index (χ2v) is 50.7. The van der Waals surface area contributed by atoms with Gasteiger partial charge in [0.2, 0.25) is 18.5 Å². The van der Waals surface area contributed by atoms with Crippen molar-refractivity contribution in [1.82, 2.24) is 29.4 Å². The lowest BCUT2D eigenvalue weighted by molar-refractivity contribution is -1.14. The molecule has 15 nitrogen and oxygen atoms in total. The first-order valence-corrected chi connectivity index (χ1v) is 47.5. The molecule has 48 aliphatic rings. The van der Waals surface area contributed by atoms with Crippen LogP contribution in [-0.2, 0) is 4.79 Å². The maximum Gasteiger partial charge on any atom is 0.223 e. The van der Waals surface area contributed by atoms with Gasteiger partial charge in [0.05, 0.1) is 30.5 Å². The zero-order valence-electron chi connectivity index (χ0n) is 61.9. The smallest absolute Gasteiger partial charge is 0.223 e. The number of quaternary nitrogens is 6. The molecule has 78 atom stereocenters. The van der Waals surface area contributed by atoms with Gasteiger partial charge in [-0.1, -0.05) is 0 Å². The Hall–Kier alpha value is -3.70. The quantitative estimate of drug-likeness (QED) is 0.250. The third-order valence-corrected chi connectivity index (χ3v) is 56.1. The summed E-state index contributed by atoms with van der Waals surface area (Å²) in [5.74, 6) is 52.3. The normalized spacial score (nSPS) is 88.0. The van der Waals surface area contributed by atoms with E-state index in [0.29, 0.717) is 31.0 Å². The molecule has 18 saturated heterocycles. The second kappa shape index (κ2) is 13.1. The van der Waals surface area contributed by atoms with Crippen LogP contribution in [0.1, 0.15) is 27.7 Å². The molecule has 24 saturated carbocycles. The van der Waals surface area contributed by atoms with Gasteiger partial charge in [-0.25, -0.2) is 26.9 Å². The summed E-state index contributed by atoms with van der Waals surface area (Å²) in [6.07, 6.45) is 39.7. The van der Waals surface area contributed by atoms with Crippen LogP contribution in [0.3, 0.4) is 0 Å². The van der Waals surface area contributed by atoms with Crippen molar-refractivity contribution in [2.24, 2.45) is 295 Å². The van der Waals surface area contributed by atoms with Crippen molar-refractivity contribution >= 4 is 12.5 Å². The first-order chi connectivity index (χ1) is 52.8. The van der Waals surface area contributed by atoms with Gasteiger partial charge < -0.3 is 35.1 Å². The molecule has 0 aromatic carbocycles. The molecule has 18 bridgehead atoms. The van der Waals surface area contributed by atoms with E-state index in [4.69, 9.17) is 10.7 Å². The van der Waals surface area contributed by atoms with E-state index < -0.39 is 0 Å². The third-order valence-electron chi connectivity index (χ3n) is 56.1. The van der Waals surface area contributed by atoms with E-state index in [9.17, 15) is 4.79 Å². The van der Waals surface area contributed by atoms with Gasteiger partial charge in [-0.05, 0) is 202 Å². The average molecular weight is 1420 g/mol. The van der Waals surface area contributed by atoms with E-state index in [1.807, 2.05) is 0 Å². The van der Waals surface area contributed by atoms with Crippen molar-refractivity contribution in [3.05, 3.63) is 74.4 Å². The molecule has 24 aliphatic carbocycles. The van der Waals surface area contributed by atoms with E-state index in [2.05, 4.69) is 138 Å². The maximum absolute atomic E-state index is 12.9. The highest BCUT2D eigenvalue weighted by molar-refractivity contribution is 5.66. The molecule has 0 amide bonds. The zero-order valence-corrected chi connectivity index (χ0v) is 61.9. The van der Waals surface area contributed by atoms with E-state index in [0.717, 1.165) is 358 Å². The summed E-state index contributed by atoms with van der Waals surface area (Å²) in [6.45, 7) is 12.4. The number of carbonyl (C=O) groups excluding carboxylic acids is 1. The van der Waals surface area contributed by atoms with Crippen LogP contribution in [0.5, 0.6) is 0 Å². The average Bonchev–Trinajstić information content (AvgIpc) is 1.49. The van der Waals surface area contributed by atoms with Crippen LogP contribution in [0, 0.1) is 284 Å². The van der Waals surface area contributed by atoms with Crippen molar-refractivity contribution in [2.45, 2.75) is 173 Å². The molecule has 15 heteroatoms. The lowest BCUT2D eigenvalue weighted by Gasteiger charge is -2.93. The van der Waals surface area contributed by atoms with Gasteiger partial charge >= 0.3 is 0 Å². The highest BCUT2D eigenvalue weighted by Crippen LogP contribution is 3.00. The summed E-state index contributed by atoms with van der Waals surface area (Å²) in [4.78, 5) is 35.1. The van der Waals surface area contributed by atoms with Crippen LogP contribution in [-0.4, -0.2) is 228 Å². The number of nitrogens with two attached hydrogens (primary N) is 1. The van der Waals surface area contributed by atoms with Gasteiger partial charge in [-0.2, -0.15) is 0 Å². The Labute approximate surface area is 625 Å². The summed E-state index contributed by atoms with van der Waals surface area (Å²) in [5.41, 5.74) is 5.94. The highest BCUT2D eigenvalue weighted by Gasteiger charge is 3.08. The molecule has 6 spiro atoms. The van der Waals surface area contributed by atoms with E-state index in [-0.39, 0.29) is 6.17 Å². The van der Waals surface area contributed by atoms with E-state index >= 15 is 0 Å². The molecule has 60 unspecified atom stereocenters. The summed E-state index contributed by atoms with van der Waals surface area (Å²) in [5, 5.41) is 0. The van der Waals surface area contributed by atoms with Crippen LogP contribution in [0.4, 0.5) is 0 Å². The van der Waals surface area contributed by atoms with Gasteiger partial charge in [0.25, 0.3) is 0 Å². The topological polar surface area (TPSA) is 74.9 Å². The van der Waals surface area contributed by atoms with Crippen LogP contribution < -0.4 is 5.73 Å². The molecule has 2 N–H and O–H groups in total. The van der Waals surface area contributed by atoms with Crippen LogP contribution in [0.25, 0.3) is 0 Å². The number of nitrogens with zero attached hydrogens (tertiary/aromatic N) is 13. The fourth-order valence-electron chi connectivity index (χ4n) is 58.4. The molecule has 48 rings (SSSR count). The minimum absolute atomic E-state index is 0.000242. The van der Waals surface area contributed by atoms with Crippen molar-refractivity contribution in [3.63, 3.8) is 0 Å². The summed E-state index contributed by atoms with van der Waals surface area (Å²) >= 11 is 0. The zero-order chi connectivity index (χ0) is 66.1. The predicted octanol–water partition coefficient (Wildman–Crippen LogP) is 4.59. The SMILES string of the molecule is CC1N2C=CN1C1C3C4C5C6C7C8C9C5C2C9[C@@H]2C5[C@H]9[C@@H]2[C@@H]8C7C2C(C64)[N+]4(C=C[N+]3(C4C)[C@H]51)[C@H]29.CC1[N+]23C=C[N+]14C1C5C6C7C8C9C%10C6C6C1[C@@H]4[C@H]1C4[C@@H](C9C8N8C=CN(C(C2C75)[C@@H]43)C8C=NCCN)[C@H]1[C@@H]%106.CC1[N+]23C=C[N+]14C1C5C6C7C8C9C%10C6C6C1[C@@H]4[C@H]1C4[C@@H](C9C8N8C=CN(C(C2C75)[C@@H]43)C8C=O)[C@H]1[C@@H]%106. The molecule has 42 fully saturated rings. The summed E-state index contributed by atoms with van der Waals surface area (Å²) in [6, 6.07) is 15.8. The summed E-state index contributed by atoms with van der Waals surface area (Å²) < 4.78 is 8.75. The van der Waals surface area contributed by atoms with Crippen LogP contribution in [0.2, 0.25) is 0 Å². The van der Waals surface area contributed by atoms with Crippen LogP contribution >= 0.6 is 0 Å². The fraction of sp³-hybridized carbons (Fsp3) is 0.848. The Morgan fingerprint density at radius 2 is 0.467 bits per heavy atom. The summed E-state index contributed by atoms with van der Waals surface area (Å²) in [7, 11) is 0. The largest absolute Gasteiger partial charge is 0.353 e. The fourth-order valence-corrected chi connectivity index (χ4v) is 58.4. The minimum Gasteiger partial charge on any atom is -0.353 e. The maximum atomic E-state index is 12.9. The molecule has 24 heterocycles. The van der Waals surface area contributed by atoms with Crippen molar-refractivity contribution < 1.29 is 31.7 Å². The number of carbonyl (C=O) groups is 1. The van der Waals surface area contributed by atoms with Gasteiger partial charge in [-0.3, -0.25) is 9.79 Å². The highest BCUT2D eigenvalue weighted by atomic mass is 16.1. The second-order valence-electron chi connectivity index (χ2n) is 50.7. The Morgan fingerprint density at radius 1 is 0.262 bits per heavy atom. The molecule has 0 aromatic heterocycles. The van der Waals surface area contributed by atoms with Gasteiger partial charge in [0.15, 0.2) is 49.7 Å². The lowest BCUT2D eigenvalue weighted by atomic mass is 9.12. The number of aliphatic imine (C=N–C) groups is 1. The molecule has 107 heavy (non-hydrogen) atoms. The Morgan fingerprint density at radius 3 is 0.776 bits per heavy atom. The Balaban J connectivity index is 0.0000000708. The first kappa shape index (κ1) is 51.2. The molecule has 0 aromatic rings. The van der Waals surface area contributed by atoms with E-state index in [1.54, 1.807) is 0 Å². The van der Waals surface area contributed by atoms with Gasteiger partial charge in [0.1, 0.15) is 96.8 Å². The number of aldehydes is 1. The Kier molecular flexibility index (Phi) is 6.26. The molecule has 0 radical (unpaired) electrons. The molecule has 542 valence electrons. The molecular formula is C92H104N14O+6. The van der Waals surface area contributed by atoms with Crippen LogP contribution in [0.15, 0.2) is 79.4 Å². The minimum atomic E-state index is -0.000242. The van der Waals surface area contributed by atoms with Gasteiger partial charge in [-0.15, -0.1) is 0 Å². The first-order valence-electron chi connectivity index (χ1n) is 47.5. The molecular weight excluding hydrogens is 1320 g/mol. The van der Waals surface area contributed by atoms with Crippen molar-refractivity contribution in [2.75, 3.05) is 13.1 Å². The third kappa shape index (κ3) is 3.34. The molecule has 24 aliphatic heterocycles. The Bertz CT molecular complexity index is 4970. The monoisotopic (exact) mass is 1420 g/mol. The number of rotatable bonds is 4. The number of hydrogen-bond acceptors (Lipinski definition) is 9. The van der Waals surface area contributed by atoms with Gasteiger partial charge in [0, 0.05) is 160 Å². The lowest BCUT2D eigenvalue weighted by Crippen LogP contribution is -2.99. The van der Waals surface area contributed by atoms with Crippen molar-refractivity contribution in [3.8, 4) is 0 Å². The van der Waals surface area contributed by atoms with Crippen molar-refractivity contribution in [1.29, 1.82) is 0 Å². The standard InChI is InChI=1S/C32H38N6.C30H32N4O.C30H34N4/c1-9-37-6-7-38(9)31-24-18-14-12-11-13-15-19-21-17(11)20(18)27(21)35-4-5-36(10(35)8-34-3-2-33)28(31)32(38)25(19)23(15)30(37)26(16(12)13)29(37)22(14)24;1-7-33-4-5-34(7)29-22-16-12-10-9-11-13-17-19-15(9)18(16)25(19)31-2-3-32(8(31)6-35)26(29)30(34)23(17)21(13)28(33)24(14(10)11)27(33)20(12)22;1-7-31-3-4-32(7)26-29-22-16-12-10-9-11-13-17(19-15(9)18(16)25(19)31)23-21(13)28-24(14(10)11)27(20(12)22)33(28)5-6-34(29,8(33)2)30(23)26/h4-32H,2-3,33H2,1H3;2-30H,1H3;3-30H,1-2H3/q3*+2/t9?,10?,11?,12-,13?,14-,15?,16?,17?,18-,19?,20?,21?,22-,23?,24?,25?,26?,27?,28?,29+,30?,31-,32?,37?,38?;2*7?,8?,9?,10-,11?,12-,13?,14?,15?,16-,17?,18?,19?,20-,21?,22?,23?,24?,25?,26?,27+,28?,29-,30?,33?,34?/m111/s1. The van der Waals surface area contributed by atoms with E-state index in [1.165, 1.54) is 80.5 Å². The number of hydrogen-bond donors (Lipinski definition) is 1.